The topological polar surface area (TPSA) is 62.5 Å². The zero-order chi connectivity index (χ0) is 18.4. The van der Waals surface area contributed by atoms with Gasteiger partial charge in [0, 0.05) is 24.5 Å². The second kappa shape index (κ2) is 6.42. The summed E-state index contributed by atoms with van der Waals surface area (Å²) < 4.78 is 1.69. The SMILES string of the molecule is Cc1ccn2ncc(C(=O)N(Cc3ccsc3)C3CC34CCNCC4)c2n1. The van der Waals surface area contributed by atoms with Crippen molar-refractivity contribution in [1.82, 2.24) is 24.8 Å². The van der Waals surface area contributed by atoms with Crippen LogP contribution in [0.2, 0.25) is 0 Å². The minimum atomic E-state index is 0.0507. The Morgan fingerprint density at radius 1 is 1.41 bits per heavy atom. The van der Waals surface area contributed by atoms with Crippen LogP contribution in [0.5, 0.6) is 0 Å². The van der Waals surface area contributed by atoms with Gasteiger partial charge in [0.1, 0.15) is 5.56 Å². The maximum Gasteiger partial charge on any atom is 0.259 e. The molecule has 1 saturated heterocycles. The lowest BCUT2D eigenvalue weighted by molar-refractivity contribution is 0.0694. The molecule has 27 heavy (non-hydrogen) atoms. The van der Waals surface area contributed by atoms with Crippen molar-refractivity contribution in [3.8, 4) is 0 Å². The van der Waals surface area contributed by atoms with E-state index in [9.17, 15) is 4.79 Å². The Bertz CT molecular complexity index is 974. The Morgan fingerprint density at radius 3 is 3.04 bits per heavy atom. The minimum absolute atomic E-state index is 0.0507. The molecule has 0 aromatic carbocycles. The van der Waals surface area contributed by atoms with Crippen LogP contribution in [0.25, 0.3) is 5.65 Å². The van der Waals surface area contributed by atoms with E-state index in [0.29, 0.717) is 29.2 Å². The van der Waals surface area contributed by atoms with Crippen LogP contribution in [0.4, 0.5) is 0 Å². The molecule has 1 saturated carbocycles. The molecule has 1 amide bonds. The van der Waals surface area contributed by atoms with Gasteiger partial charge in [0.25, 0.3) is 5.91 Å². The number of rotatable bonds is 4. The van der Waals surface area contributed by atoms with E-state index in [1.807, 2.05) is 19.2 Å². The molecule has 140 valence electrons. The first kappa shape index (κ1) is 16.9. The summed E-state index contributed by atoms with van der Waals surface area (Å²) in [5.41, 5.74) is 3.64. The second-order valence-electron chi connectivity index (χ2n) is 7.79. The molecule has 7 heteroatoms. The number of nitrogens with zero attached hydrogens (tertiary/aromatic N) is 4. The van der Waals surface area contributed by atoms with Gasteiger partial charge in [0.15, 0.2) is 5.65 Å². The van der Waals surface area contributed by atoms with Gasteiger partial charge in [-0.05, 0) is 73.1 Å². The molecule has 0 radical (unpaired) electrons. The summed E-state index contributed by atoms with van der Waals surface area (Å²) in [6.07, 6.45) is 6.94. The number of amides is 1. The number of fused-ring (bicyclic) bond motifs is 1. The Hall–Kier alpha value is -2.25. The number of aryl methyl sites for hydroxylation is 1. The van der Waals surface area contributed by atoms with Crippen molar-refractivity contribution < 1.29 is 4.79 Å². The lowest BCUT2D eigenvalue weighted by atomic mass is 9.93. The fourth-order valence-electron chi connectivity index (χ4n) is 4.40. The number of aromatic nitrogens is 3. The average Bonchev–Trinajstić information content (AvgIpc) is 3.06. The quantitative estimate of drug-likeness (QED) is 0.755. The molecule has 1 atom stereocenters. The Kier molecular flexibility index (Phi) is 4.02. The van der Waals surface area contributed by atoms with E-state index in [0.717, 1.165) is 38.0 Å². The number of hydrogen-bond donors (Lipinski definition) is 1. The summed E-state index contributed by atoms with van der Waals surface area (Å²) in [7, 11) is 0. The third-order valence-electron chi connectivity index (χ3n) is 6.05. The van der Waals surface area contributed by atoms with E-state index in [-0.39, 0.29) is 5.91 Å². The van der Waals surface area contributed by atoms with E-state index in [4.69, 9.17) is 0 Å². The zero-order valence-electron chi connectivity index (χ0n) is 15.4. The van der Waals surface area contributed by atoms with Crippen LogP contribution in [0.3, 0.4) is 0 Å². The van der Waals surface area contributed by atoms with Gasteiger partial charge in [0.2, 0.25) is 0 Å². The van der Waals surface area contributed by atoms with Crippen molar-refractivity contribution >= 4 is 22.9 Å². The van der Waals surface area contributed by atoms with Crippen molar-refractivity contribution in [2.45, 2.75) is 38.8 Å². The van der Waals surface area contributed by atoms with Crippen LogP contribution in [0.15, 0.2) is 35.3 Å². The number of nitrogens with one attached hydrogen (secondary N) is 1. The molecule has 5 rings (SSSR count). The van der Waals surface area contributed by atoms with Crippen LogP contribution in [0, 0.1) is 12.3 Å². The minimum Gasteiger partial charge on any atom is -0.331 e. The number of piperidine rings is 1. The summed E-state index contributed by atoms with van der Waals surface area (Å²) in [6.45, 7) is 4.70. The molecule has 3 aromatic heterocycles. The summed E-state index contributed by atoms with van der Waals surface area (Å²) >= 11 is 1.68. The molecule has 1 spiro atoms. The highest BCUT2D eigenvalue weighted by Crippen LogP contribution is 2.56. The van der Waals surface area contributed by atoms with Gasteiger partial charge < -0.3 is 10.2 Å². The van der Waals surface area contributed by atoms with Crippen LogP contribution < -0.4 is 5.32 Å². The highest BCUT2D eigenvalue weighted by Gasteiger charge is 2.58. The average molecular weight is 382 g/mol. The predicted octanol–water partition coefficient (Wildman–Crippen LogP) is 2.88. The largest absolute Gasteiger partial charge is 0.331 e. The third kappa shape index (κ3) is 2.95. The fraction of sp³-hybridized carbons (Fsp3) is 0.450. The molecular formula is C20H23N5OS. The van der Waals surface area contributed by atoms with Crippen molar-refractivity contribution in [2.24, 2.45) is 5.41 Å². The molecule has 1 aliphatic heterocycles. The summed E-state index contributed by atoms with van der Waals surface area (Å²) in [6, 6.07) is 4.33. The zero-order valence-corrected chi connectivity index (χ0v) is 16.2. The van der Waals surface area contributed by atoms with Crippen molar-refractivity contribution in [3.05, 3.63) is 52.1 Å². The van der Waals surface area contributed by atoms with E-state index >= 15 is 0 Å². The smallest absolute Gasteiger partial charge is 0.259 e. The summed E-state index contributed by atoms with van der Waals surface area (Å²) in [5, 5.41) is 12.0. The fourth-order valence-corrected chi connectivity index (χ4v) is 5.06. The first-order valence-corrected chi connectivity index (χ1v) is 10.4. The molecule has 2 aliphatic rings. The third-order valence-corrected chi connectivity index (χ3v) is 6.79. The van der Waals surface area contributed by atoms with Crippen molar-refractivity contribution in [2.75, 3.05) is 13.1 Å². The van der Waals surface area contributed by atoms with Crippen molar-refractivity contribution in [3.63, 3.8) is 0 Å². The Balaban J connectivity index is 1.49. The molecule has 4 heterocycles. The van der Waals surface area contributed by atoms with Gasteiger partial charge in [-0.1, -0.05) is 0 Å². The predicted molar refractivity (Wildman–Crippen MR) is 105 cm³/mol. The van der Waals surface area contributed by atoms with E-state index in [2.05, 4.69) is 37.1 Å². The summed E-state index contributed by atoms with van der Waals surface area (Å²) in [4.78, 5) is 20.2. The normalized spacial score (nSPS) is 20.9. The molecule has 0 bridgehead atoms. The molecule has 2 fully saturated rings. The number of hydrogen-bond acceptors (Lipinski definition) is 5. The van der Waals surface area contributed by atoms with E-state index in [1.54, 1.807) is 22.0 Å². The van der Waals surface area contributed by atoms with Crippen LogP contribution >= 0.6 is 11.3 Å². The molecule has 6 nitrogen and oxygen atoms in total. The number of thiophene rings is 1. The molecule has 1 aliphatic carbocycles. The standard InChI is InChI=1S/C20H23N5OS/c1-14-2-8-25-18(23-14)16(11-22-25)19(26)24(12-15-3-9-27-13-15)17-10-20(17)4-6-21-7-5-20/h2-3,8-9,11,13,17,21H,4-7,10,12H2,1H3. The molecule has 1 N–H and O–H groups in total. The summed E-state index contributed by atoms with van der Waals surface area (Å²) in [5.74, 6) is 0.0507. The molecule has 1 unspecified atom stereocenters. The van der Waals surface area contributed by atoms with Gasteiger partial charge in [-0.3, -0.25) is 4.79 Å². The highest BCUT2D eigenvalue weighted by molar-refractivity contribution is 7.07. The van der Waals surface area contributed by atoms with Crippen LogP contribution in [0.1, 0.15) is 40.9 Å². The van der Waals surface area contributed by atoms with Gasteiger partial charge >= 0.3 is 0 Å². The number of carbonyl (C=O) groups excluding carboxylic acids is 1. The van der Waals surface area contributed by atoms with Gasteiger partial charge in [-0.25, -0.2) is 9.50 Å². The first-order chi connectivity index (χ1) is 13.2. The van der Waals surface area contributed by atoms with E-state index in [1.165, 1.54) is 5.56 Å². The van der Waals surface area contributed by atoms with Crippen LogP contribution in [-0.4, -0.2) is 44.5 Å². The van der Waals surface area contributed by atoms with E-state index < -0.39 is 0 Å². The lowest BCUT2D eigenvalue weighted by Crippen LogP contribution is -2.39. The molecule has 3 aromatic rings. The Morgan fingerprint density at radius 2 is 2.26 bits per heavy atom. The van der Waals surface area contributed by atoms with Crippen LogP contribution in [-0.2, 0) is 6.54 Å². The lowest BCUT2D eigenvalue weighted by Gasteiger charge is -2.29. The molecular weight excluding hydrogens is 358 g/mol. The highest BCUT2D eigenvalue weighted by atomic mass is 32.1. The van der Waals surface area contributed by atoms with Gasteiger partial charge in [0.05, 0.1) is 6.20 Å². The number of carbonyl (C=O) groups is 1. The maximum absolute atomic E-state index is 13.6. The monoisotopic (exact) mass is 381 g/mol. The Labute approximate surface area is 162 Å². The van der Waals surface area contributed by atoms with Crippen molar-refractivity contribution in [1.29, 1.82) is 0 Å². The van der Waals surface area contributed by atoms with Gasteiger partial charge in [-0.15, -0.1) is 0 Å². The second-order valence-corrected chi connectivity index (χ2v) is 8.57. The van der Waals surface area contributed by atoms with Gasteiger partial charge in [-0.2, -0.15) is 16.4 Å². The maximum atomic E-state index is 13.6. The first-order valence-electron chi connectivity index (χ1n) is 9.50.